The number of nitriles is 1. The van der Waals surface area contributed by atoms with Gasteiger partial charge < -0.3 is 0 Å². The molecule has 4 nitrogen and oxygen atoms in total. The zero-order valence-corrected chi connectivity index (χ0v) is 12.0. The summed E-state index contributed by atoms with van der Waals surface area (Å²) in [4.78, 5) is 0.150. The second-order valence-corrected chi connectivity index (χ2v) is 6.19. The lowest BCUT2D eigenvalue weighted by Gasteiger charge is -2.11. The molecule has 5 heteroatoms. The molecule has 0 unspecified atom stereocenters. The van der Waals surface area contributed by atoms with E-state index in [9.17, 15) is 8.42 Å². The Labute approximate surface area is 118 Å². The molecule has 0 heterocycles. The number of hydrogen-bond acceptors (Lipinski definition) is 3. The summed E-state index contributed by atoms with van der Waals surface area (Å²) in [5, 5.41) is 8.87. The zero-order valence-electron chi connectivity index (χ0n) is 11.2. The van der Waals surface area contributed by atoms with Crippen LogP contribution >= 0.6 is 0 Å². The van der Waals surface area contributed by atoms with Crippen molar-refractivity contribution in [1.82, 2.24) is 0 Å². The van der Waals surface area contributed by atoms with Crippen LogP contribution in [0, 0.1) is 25.2 Å². The van der Waals surface area contributed by atoms with Crippen LogP contribution in [-0.4, -0.2) is 8.42 Å². The van der Waals surface area contributed by atoms with Crippen molar-refractivity contribution in [2.75, 3.05) is 4.72 Å². The third-order valence-corrected chi connectivity index (χ3v) is 4.38. The van der Waals surface area contributed by atoms with E-state index in [1.54, 1.807) is 19.1 Å². The fourth-order valence-electron chi connectivity index (χ4n) is 1.82. The summed E-state index contributed by atoms with van der Waals surface area (Å²) >= 11 is 0. The van der Waals surface area contributed by atoms with Crippen LogP contribution in [0.2, 0.25) is 0 Å². The van der Waals surface area contributed by atoms with Gasteiger partial charge in [0.05, 0.1) is 22.2 Å². The number of nitrogens with zero attached hydrogens (tertiary/aromatic N) is 1. The fraction of sp³-hybridized carbons (Fsp3) is 0.133. The smallest absolute Gasteiger partial charge is 0.261 e. The Bertz CT molecular complexity index is 790. The number of para-hydroxylation sites is 1. The van der Waals surface area contributed by atoms with Gasteiger partial charge in [-0.3, -0.25) is 4.72 Å². The molecule has 0 spiro atoms. The van der Waals surface area contributed by atoms with Gasteiger partial charge in [0, 0.05) is 0 Å². The topological polar surface area (TPSA) is 70.0 Å². The van der Waals surface area contributed by atoms with Crippen molar-refractivity contribution in [1.29, 1.82) is 5.26 Å². The van der Waals surface area contributed by atoms with E-state index in [4.69, 9.17) is 5.26 Å². The lowest BCUT2D eigenvalue weighted by atomic mass is 10.1. The van der Waals surface area contributed by atoms with Crippen molar-refractivity contribution >= 4 is 15.7 Å². The molecule has 0 amide bonds. The number of anilines is 1. The van der Waals surface area contributed by atoms with Crippen molar-refractivity contribution in [3.8, 4) is 6.07 Å². The molecule has 2 aromatic carbocycles. The fourth-order valence-corrected chi connectivity index (χ4v) is 3.04. The highest BCUT2D eigenvalue weighted by molar-refractivity contribution is 7.92. The predicted molar refractivity (Wildman–Crippen MR) is 77.9 cm³/mol. The third kappa shape index (κ3) is 2.81. The summed E-state index contributed by atoms with van der Waals surface area (Å²) in [7, 11) is -3.64. The van der Waals surface area contributed by atoms with Crippen LogP contribution in [0.1, 0.15) is 16.7 Å². The Kier molecular flexibility index (Phi) is 3.77. The molecule has 1 N–H and O–H groups in total. The van der Waals surface area contributed by atoms with E-state index < -0.39 is 10.0 Å². The van der Waals surface area contributed by atoms with E-state index in [2.05, 4.69) is 4.72 Å². The molecule has 2 aromatic rings. The standard InChI is InChI=1S/C15H14N2O2S/c1-11-5-3-4-6-15(11)17-20(18,19)14-8-7-13(10-16)12(2)9-14/h3-9,17H,1-2H3. The van der Waals surface area contributed by atoms with Crippen molar-refractivity contribution in [2.45, 2.75) is 18.7 Å². The van der Waals surface area contributed by atoms with Crippen LogP contribution in [0.25, 0.3) is 0 Å². The third-order valence-electron chi connectivity index (χ3n) is 3.02. The average Bonchev–Trinajstić information content (AvgIpc) is 2.41. The Morgan fingerprint density at radius 2 is 1.75 bits per heavy atom. The second kappa shape index (κ2) is 5.35. The molecule has 2 rings (SSSR count). The van der Waals surface area contributed by atoms with Crippen LogP contribution in [0.15, 0.2) is 47.4 Å². The van der Waals surface area contributed by atoms with E-state index in [0.717, 1.165) is 5.56 Å². The van der Waals surface area contributed by atoms with Gasteiger partial charge in [0.25, 0.3) is 10.0 Å². The monoisotopic (exact) mass is 286 g/mol. The summed E-state index contributed by atoms with van der Waals surface area (Å²) < 4.78 is 27.2. The van der Waals surface area contributed by atoms with Crippen molar-refractivity contribution in [2.24, 2.45) is 0 Å². The highest BCUT2D eigenvalue weighted by Crippen LogP contribution is 2.20. The van der Waals surface area contributed by atoms with Gasteiger partial charge in [-0.1, -0.05) is 18.2 Å². The minimum Gasteiger partial charge on any atom is -0.279 e. The summed E-state index contributed by atoms with van der Waals surface area (Å²) in [6.45, 7) is 3.55. The number of benzene rings is 2. The minimum atomic E-state index is -3.64. The Balaban J connectivity index is 2.39. The Morgan fingerprint density at radius 1 is 1.05 bits per heavy atom. The molecule has 0 atom stereocenters. The molecule has 0 fully saturated rings. The van der Waals surface area contributed by atoms with E-state index in [-0.39, 0.29) is 4.90 Å². The number of nitrogens with one attached hydrogen (secondary N) is 1. The maximum absolute atomic E-state index is 12.3. The summed E-state index contributed by atoms with van der Waals surface area (Å²) in [6.07, 6.45) is 0. The number of sulfonamides is 1. The van der Waals surface area contributed by atoms with Crippen LogP contribution in [0.5, 0.6) is 0 Å². The molecule has 0 aliphatic heterocycles. The summed E-state index contributed by atoms with van der Waals surface area (Å²) in [5.41, 5.74) is 2.51. The van der Waals surface area contributed by atoms with Gasteiger partial charge in [0.1, 0.15) is 0 Å². The largest absolute Gasteiger partial charge is 0.279 e. The highest BCUT2D eigenvalue weighted by atomic mass is 32.2. The van der Waals surface area contributed by atoms with Crippen molar-refractivity contribution in [3.05, 3.63) is 59.2 Å². The van der Waals surface area contributed by atoms with Gasteiger partial charge in [0.15, 0.2) is 0 Å². The first-order chi connectivity index (χ1) is 9.44. The number of aryl methyl sites for hydroxylation is 2. The summed E-state index contributed by atoms with van der Waals surface area (Å²) in [5.74, 6) is 0. The molecule has 0 aromatic heterocycles. The molecule has 102 valence electrons. The molecular formula is C15H14N2O2S. The number of rotatable bonds is 3. The maximum atomic E-state index is 12.3. The van der Waals surface area contributed by atoms with E-state index in [1.807, 2.05) is 25.1 Å². The van der Waals surface area contributed by atoms with Gasteiger partial charge in [-0.15, -0.1) is 0 Å². The SMILES string of the molecule is Cc1cc(S(=O)(=O)Nc2ccccc2C)ccc1C#N. The molecule has 0 bridgehead atoms. The molecule has 0 aliphatic rings. The zero-order chi connectivity index (χ0) is 14.8. The average molecular weight is 286 g/mol. The van der Waals surface area contributed by atoms with Gasteiger partial charge in [-0.2, -0.15) is 5.26 Å². The Morgan fingerprint density at radius 3 is 2.35 bits per heavy atom. The highest BCUT2D eigenvalue weighted by Gasteiger charge is 2.16. The Hall–Kier alpha value is -2.32. The first-order valence-corrected chi connectivity index (χ1v) is 7.51. The first kappa shape index (κ1) is 14.1. The lowest BCUT2D eigenvalue weighted by molar-refractivity contribution is 0.601. The normalized spacial score (nSPS) is 10.8. The lowest BCUT2D eigenvalue weighted by Crippen LogP contribution is -2.14. The summed E-state index contributed by atoms with van der Waals surface area (Å²) in [6, 6.07) is 13.6. The van der Waals surface area contributed by atoms with Crippen LogP contribution in [-0.2, 0) is 10.0 Å². The van der Waals surface area contributed by atoms with Gasteiger partial charge in [-0.25, -0.2) is 8.42 Å². The van der Waals surface area contributed by atoms with Crippen LogP contribution in [0.4, 0.5) is 5.69 Å². The van der Waals surface area contributed by atoms with Crippen molar-refractivity contribution in [3.63, 3.8) is 0 Å². The van der Waals surface area contributed by atoms with Gasteiger partial charge in [0.2, 0.25) is 0 Å². The predicted octanol–water partition coefficient (Wildman–Crippen LogP) is 2.98. The molecule has 0 saturated carbocycles. The minimum absolute atomic E-state index is 0.150. The van der Waals surface area contributed by atoms with E-state index in [1.165, 1.54) is 18.2 Å². The molecule has 0 aliphatic carbocycles. The van der Waals surface area contributed by atoms with Crippen LogP contribution in [0.3, 0.4) is 0 Å². The number of hydrogen-bond donors (Lipinski definition) is 1. The molecule has 0 saturated heterocycles. The van der Waals surface area contributed by atoms with Crippen molar-refractivity contribution < 1.29 is 8.42 Å². The molecule has 0 radical (unpaired) electrons. The van der Waals surface area contributed by atoms with E-state index in [0.29, 0.717) is 16.8 Å². The molecular weight excluding hydrogens is 272 g/mol. The van der Waals surface area contributed by atoms with Gasteiger partial charge in [-0.05, 0) is 49.2 Å². The molecule has 20 heavy (non-hydrogen) atoms. The van der Waals surface area contributed by atoms with E-state index >= 15 is 0 Å². The second-order valence-electron chi connectivity index (χ2n) is 4.51. The first-order valence-electron chi connectivity index (χ1n) is 6.03. The van der Waals surface area contributed by atoms with Crippen LogP contribution < -0.4 is 4.72 Å². The van der Waals surface area contributed by atoms with Gasteiger partial charge >= 0.3 is 0 Å². The maximum Gasteiger partial charge on any atom is 0.261 e. The quantitative estimate of drug-likeness (QED) is 0.943.